The van der Waals surface area contributed by atoms with Gasteiger partial charge in [0.2, 0.25) is 5.91 Å². The van der Waals surface area contributed by atoms with E-state index in [4.69, 9.17) is 4.74 Å². The molecular formula is C14H18BrNO2. The van der Waals surface area contributed by atoms with Gasteiger partial charge < -0.3 is 10.1 Å². The lowest BCUT2D eigenvalue weighted by molar-refractivity contribution is -0.121. The molecule has 0 aliphatic carbocycles. The Morgan fingerprint density at radius 2 is 2.33 bits per heavy atom. The van der Waals surface area contributed by atoms with Crippen LogP contribution < -0.4 is 5.32 Å². The van der Waals surface area contributed by atoms with Gasteiger partial charge in [-0.15, -0.1) is 0 Å². The average molecular weight is 312 g/mol. The van der Waals surface area contributed by atoms with Crippen LogP contribution in [0, 0.1) is 12.8 Å². The van der Waals surface area contributed by atoms with Gasteiger partial charge in [-0.2, -0.15) is 0 Å². The molecule has 1 amide bonds. The van der Waals surface area contributed by atoms with Gasteiger partial charge in [-0.1, -0.05) is 22.9 Å². The van der Waals surface area contributed by atoms with E-state index in [-0.39, 0.29) is 17.9 Å². The van der Waals surface area contributed by atoms with E-state index >= 15 is 0 Å². The van der Waals surface area contributed by atoms with Gasteiger partial charge in [0, 0.05) is 16.8 Å². The van der Waals surface area contributed by atoms with Crippen LogP contribution in [0.15, 0.2) is 22.7 Å². The molecule has 18 heavy (non-hydrogen) atoms. The van der Waals surface area contributed by atoms with Crippen molar-refractivity contribution in [2.45, 2.75) is 32.8 Å². The molecule has 3 nitrogen and oxygen atoms in total. The predicted octanol–water partition coefficient (Wildman–Crippen LogP) is 3.51. The molecule has 2 atom stereocenters. The maximum Gasteiger partial charge on any atom is 0.230 e. The molecule has 0 saturated carbocycles. The highest BCUT2D eigenvalue weighted by Gasteiger charge is 2.32. The van der Waals surface area contributed by atoms with Crippen LogP contribution in [0.4, 0.5) is 5.69 Å². The third kappa shape index (κ3) is 2.93. The van der Waals surface area contributed by atoms with Gasteiger partial charge in [0.05, 0.1) is 12.0 Å². The van der Waals surface area contributed by atoms with Crippen LogP contribution in [0.1, 0.15) is 25.3 Å². The Labute approximate surface area is 116 Å². The molecule has 1 aromatic rings. The molecular weight excluding hydrogens is 294 g/mol. The lowest BCUT2D eigenvalue weighted by atomic mass is 9.98. The number of benzene rings is 1. The summed E-state index contributed by atoms with van der Waals surface area (Å²) >= 11 is 3.42. The second-order valence-electron chi connectivity index (χ2n) is 4.66. The molecule has 1 heterocycles. The average Bonchev–Trinajstić information content (AvgIpc) is 2.81. The van der Waals surface area contributed by atoms with E-state index in [9.17, 15) is 4.79 Å². The van der Waals surface area contributed by atoms with E-state index in [2.05, 4.69) is 28.2 Å². The van der Waals surface area contributed by atoms with E-state index in [0.29, 0.717) is 6.61 Å². The lowest BCUT2D eigenvalue weighted by Crippen LogP contribution is -2.29. The van der Waals surface area contributed by atoms with Crippen LogP contribution in [0.2, 0.25) is 0 Å². The molecule has 2 rings (SSSR count). The van der Waals surface area contributed by atoms with Crippen LogP contribution in [-0.2, 0) is 9.53 Å². The highest BCUT2D eigenvalue weighted by molar-refractivity contribution is 9.10. The molecule has 1 fully saturated rings. The summed E-state index contributed by atoms with van der Waals surface area (Å²) in [5.41, 5.74) is 1.94. The zero-order chi connectivity index (χ0) is 13.1. The van der Waals surface area contributed by atoms with Crippen LogP contribution in [0.25, 0.3) is 0 Å². The quantitative estimate of drug-likeness (QED) is 0.927. The van der Waals surface area contributed by atoms with E-state index in [0.717, 1.165) is 28.6 Å². The fraction of sp³-hybridized carbons (Fsp3) is 0.500. The highest BCUT2D eigenvalue weighted by Crippen LogP contribution is 2.26. The van der Waals surface area contributed by atoms with Crippen molar-refractivity contribution in [2.75, 3.05) is 11.9 Å². The molecule has 2 unspecified atom stereocenters. The number of carbonyl (C=O) groups is 1. The maximum atomic E-state index is 12.2. The van der Waals surface area contributed by atoms with Gasteiger partial charge in [0.15, 0.2) is 0 Å². The molecule has 0 radical (unpaired) electrons. The summed E-state index contributed by atoms with van der Waals surface area (Å²) in [4.78, 5) is 12.2. The Bertz CT molecular complexity index is 447. The van der Waals surface area contributed by atoms with Crippen LogP contribution in [0.3, 0.4) is 0 Å². The molecule has 4 heteroatoms. The minimum atomic E-state index is -0.0157. The summed E-state index contributed by atoms with van der Waals surface area (Å²) in [6.45, 7) is 4.74. The van der Waals surface area contributed by atoms with E-state index in [1.54, 1.807) is 0 Å². The molecule has 0 aromatic heterocycles. The minimum absolute atomic E-state index is 0.0157. The zero-order valence-corrected chi connectivity index (χ0v) is 12.3. The number of halogens is 1. The van der Waals surface area contributed by atoms with Crippen LogP contribution in [-0.4, -0.2) is 18.6 Å². The number of nitrogens with one attached hydrogen (secondary N) is 1. The van der Waals surface area contributed by atoms with Crippen LogP contribution >= 0.6 is 15.9 Å². The molecule has 1 aromatic carbocycles. The number of anilines is 1. The molecule has 1 aliphatic rings. The summed E-state index contributed by atoms with van der Waals surface area (Å²) in [6, 6.07) is 5.86. The number of amides is 1. The first kappa shape index (κ1) is 13.6. The smallest absolute Gasteiger partial charge is 0.230 e. The van der Waals surface area contributed by atoms with Gasteiger partial charge in [0.1, 0.15) is 0 Å². The van der Waals surface area contributed by atoms with Crippen molar-refractivity contribution in [3.8, 4) is 0 Å². The largest absolute Gasteiger partial charge is 0.377 e. The molecule has 1 saturated heterocycles. The molecule has 1 aliphatic heterocycles. The first-order valence-corrected chi connectivity index (χ1v) is 7.09. The van der Waals surface area contributed by atoms with Gasteiger partial charge in [0.25, 0.3) is 0 Å². The van der Waals surface area contributed by atoms with Gasteiger partial charge >= 0.3 is 0 Å². The third-order valence-corrected chi connectivity index (χ3v) is 3.89. The van der Waals surface area contributed by atoms with E-state index in [1.165, 1.54) is 0 Å². The predicted molar refractivity (Wildman–Crippen MR) is 75.6 cm³/mol. The van der Waals surface area contributed by atoms with Crippen molar-refractivity contribution in [2.24, 2.45) is 5.92 Å². The number of rotatable bonds is 3. The summed E-state index contributed by atoms with van der Waals surface area (Å²) < 4.78 is 6.58. The van der Waals surface area contributed by atoms with Crippen LogP contribution in [0.5, 0.6) is 0 Å². The van der Waals surface area contributed by atoms with Gasteiger partial charge in [-0.25, -0.2) is 0 Å². The first-order chi connectivity index (χ1) is 8.61. The second kappa shape index (κ2) is 5.85. The topological polar surface area (TPSA) is 38.3 Å². The third-order valence-electron chi connectivity index (χ3n) is 3.40. The number of hydrogen-bond acceptors (Lipinski definition) is 2. The number of carbonyl (C=O) groups excluding carboxylic acids is 1. The summed E-state index contributed by atoms with van der Waals surface area (Å²) in [7, 11) is 0. The monoisotopic (exact) mass is 311 g/mol. The summed E-state index contributed by atoms with van der Waals surface area (Å²) in [6.07, 6.45) is 1.78. The Morgan fingerprint density at radius 1 is 1.56 bits per heavy atom. The van der Waals surface area contributed by atoms with E-state index < -0.39 is 0 Å². The fourth-order valence-corrected chi connectivity index (χ4v) is 2.82. The lowest BCUT2D eigenvalue weighted by Gasteiger charge is -2.17. The molecule has 98 valence electrons. The summed E-state index contributed by atoms with van der Waals surface area (Å²) in [5, 5.41) is 3.00. The molecule has 1 N–H and O–H groups in total. The number of ether oxygens (including phenoxy) is 1. The Kier molecular flexibility index (Phi) is 4.40. The fourth-order valence-electron chi connectivity index (χ4n) is 2.34. The van der Waals surface area contributed by atoms with Crippen molar-refractivity contribution in [3.63, 3.8) is 0 Å². The highest BCUT2D eigenvalue weighted by atomic mass is 79.9. The standard InChI is InChI=1S/C14H18BrNO2/c1-3-13-11(6-7-18-13)14(17)16-12-5-4-10(15)8-9(12)2/h4-5,8,11,13H,3,6-7H2,1-2H3,(H,16,17). The Morgan fingerprint density at radius 3 is 3.00 bits per heavy atom. The SMILES string of the molecule is CCC1OCCC1C(=O)Nc1ccc(Br)cc1C. The maximum absolute atomic E-state index is 12.2. The molecule has 0 spiro atoms. The number of hydrogen-bond donors (Lipinski definition) is 1. The van der Waals surface area contributed by atoms with Crippen molar-refractivity contribution < 1.29 is 9.53 Å². The number of aryl methyl sites for hydroxylation is 1. The first-order valence-electron chi connectivity index (χ1n) is 6.30. The van der Waals surface area contributed by atoms with Gasteiger partial charge in [-0.05, 0) is 43.5 Å². The van der Waals surface area contributed by atoms with E-state index in [1.807, 2.05) is 25.1 Å². The summed E-state index contributed by atoms with van der Waals surface area (Å²) in [5.74, 6) is 0.0582. The van der Waals surface area contributed by atoms with Crippen molar-refractivity contribution in [1.82, 2.24) is 0 Å². The Hall–Kier alpha value is -0.870. The normalized spacial score (nSPS) is 23.1. The van der Waals surface area contributed by atoms with Crippen molar-refractivity contribution in [3.05, 3.63) is 28.2 Å². The Balaban J connectivity index is 2.07. The van der Waals surface area contributed by atoms with Crippen molar-refractivity contribution in [1.29, 1.82) is 0 Å². The van der Waals surface area contributed by atoms with Crippen molar-refractivity contribution >= 4 is 27.5 Å². The molecule has 0 bridgehead atoms. The second-order valence-corrected chi connectivity index (χ2v) is 5.58. The minimum Gasteiger partial charge on any atom is -0.377 e. The zero-order valence-electron chi connectivity index (χ0n) is 10.7. The van der Waals surface area contributed by atoms with Gasteiger partial charge in [-0.3, -0.25) is 4.79 Å².